The molecule has 2 aliphatic rings. The van der Waals surface area contributed by atoms with Gasteiger partial charge in [0.05, 0.1) is 6.67 Å². The van der Waals surface area contributed by atoms with E-state index in [9.17, 15) is 0 Å². The lowest BCUT2D eigenvalue weighted by molar-refractivity contribution is 0.483. The first-order valence-electron chi connectivity index (χ1n) is 15.5. The monoisotopic (exact) mass is 579 g/mol. The Labute approximate surface area is 261 Å². The summed E-state index contributed by atoms with van der Waals surface area (Å²) in [4.78, 5) is 11.7. The van der Waals surface area contributed by atoms with Gasteiger partial charge in [0.25, 0.3) is 0 Å². The maximum absolute atomic E-state index is 6.48. The lowest BCUT2D eigenvalue weighted by Crippen LogP contribution is -2.56. The topological polar surface area (TPSA) is 36.8 Å². The summed E-state index contributed by atoms with van der Waals surface area (Å²) in [6.45, 7) is 9.90. The molecule has 220 valence electrons. The zero-order valence-corrected chi connectivity index (χ0v) is 26.1. The average molecular weight is 580 g/mol. The second kappa shape index (κ2) is 11.3. The Morgan fingerprint density at radius 1 is 0.727 bits per heavy atom. The van der Waals surface area contributed by atoms with Crippen molar-refractivity contribution < 1.29 is 4.74 Å². The van der Waals surface area contributed by atoms with Crippen LogP contribution in [0, 0.1) is 0 Å². The first-order valence-corrected chi connectivity index (χ1v) is 15.5. The van der Waals surface area contributed by atoms with Crippen LogP contribution in [0.2, 0.25) is 0 Å². The number of aromatic nitrogens is 2. The van der Waals surface area contributed by atoms with Gasteiger partial charge in [0.2, 0.25) is 0 Å². The summed E-state index contributed by atoms with van der Waals surface area (Å²) < 4.78 is 8.79. The number of fused-ring (bicyclic) bond motifs is 3. The van der Waals surface area contributed by atoms with Crippen LogP contribution >= 0.6 is 0 Å². The van der Waals surface area contributed by atoms with Crippen molar-refractivity contribution in [2.75, 3.05) is 28.3 Å². The van der Waals surface area contributed by atoms with Crippen LogP contribution in [0.3, 0.4) is 0 Å². The Kier molecular flexibility index (Phi) is 7.17. The van der Waals surface area contributed by atoms with Crippen molar-refractivity contribution >= 4 is 29.5 Å². The molecule has 0 N–H and O–H groups in total. The number of anilines is 3. The highest BCUT2D eigenvalue weighted by Gasteiger charge is 2.38. The number of hydrogen-bond donors (Lipinski definition) is 0. The van der Waals surface area contributed by atoms with E-state index < -0.39 is 0 Å². The highest BCUT2D eigenvalue weighted by atomic mass is 16.5. The van der Waals surface area contributed by atoms with Gasteiger partial charge in [-0.15, -0.1) is 0 Å². The number of nitrogens with zero attached hydrogens (tertiary/aromatic N) is 5. The molecular weight excluding hydrogens is 541 g/mol. The number of rotatable bonds is 7. The van der Waals surface area contributed by atoms with Crippen LogP contribution in [-0.4, -0.2) is 30.2 Å². The third kappa shape index (κ3) is 4.92. The molecule has 0 radical (unpaired) electrons. The molecule has 2 aliphatic heterocycles. The summed E-state index contributed by atoms with van der Waals surface area (Å²) in [6, 6.07) is 31.8. The second-order valence-corrected chi connectivity index (χ2v) is 12.3. The van der Waals surface area contributed by atoms with Crippen LogP contribution in [0.15, 0.2) is 116 Å². The first kappa shape index (κ1) is 27.9. The fraction of sp³-hybridized carbons (Fsp3) is 0.216. The number of para-hydroxylation sites is 1. The predicted molar refractivity (Wildman–Crippen MR) is 183 cm³/mol. The van der Waals surface area contributed by atoms with Crippen molar-refractivity contribution in [2.24, 2.45) is 0 Å². The molecule has 44 heavy (non-hydrogen) atoms. The molecule has 7 heteroatoms. The van der Waals surface area contributed by atoms with Gasteiger partial charge in [-0.2, -0.15) is 0 Å². The van der Waals surface area contributed by atoms with E-state index in [2.05, 4.69) is 145 Å². The molecule has 0 unspecified atom stereocenters. The van der Waals surface area contributed by atoms with E-state index in [0.29, 0.717) is 11.8 Å². The van der Waals surface area contributed by atoms with Crippen molar-refractivity contribution in [3.8, 4) is 22.9 Å². The van der Waals surface area contributed by atoms with E-state index in [1.807, 2.05) is 24.4 Å². The minimum Gasteiger partial charge on any atom is -0.457 e. The highest BCUT2D eigenvalue weighted by Crippen LogP contribution is 2.39. The quantitative estimate of drug-likeness (QED) is 0.183. The van der Waals surface area contributed by atoms with Crippen LogP contribution in [0.4, 0.5) is 17.1 Å². The molecule has 6 nitrogen and oxygen atoms in total. The molecule has 5 aromatic rings. The van der Waals surface area contributed by atoms with E-state index >= 15 is 0 Å². The van der Waals surface area contributed by atoms with Crippen molar-refractivity contribution in [1.82, 2.24) is 9.46 Å². The zero-order valence-electron chi connectivity index (χ0n) is 26.1. The molecule has 0 aliphatic carbocycles. The van der Waals surface area contributed by atoms with Crippen molar-refractivity contribution in [1.29, 1.82) is 0 Å². The maximum Gasteiger partial charge on any atom is 0.417 e. The van der Waals surface area contributed by atoms with E-state index in [0.717, 1.165) is 40.9 Å². The standard InChI is InChI=1S/C37H38BN5O/c1-26(2)32-15-10-16-33(27(3)4)36(32)38-40(5)35-18-17-31(24-34(35)37-39-19-20-43(37)38)44-30-14-9-13-29(23-30)42-22-21-41(25-42)28-11-7-6-8-12-28/h6-24,26-27H,25H2,1-5H3. The fourth-order valence-corrected chi connectivity index (χ4v) is 6.58. The third-order valence-electron chi connectivity index (χ3n) is 8.77. The predicted octanol–water partition coefficient (Wildman–Crippen LogP) is 8.04. The Morgan fingerprint density at radius 2 is 1.39 bits per heavy atom. The summed E-state index contributed by atoms with van der Waals surface area (Å²) in [5.74, 6) is 3.37. The third-order valence-corrected chi connectivity index (χ3v) is 8.77. The van der Waals surface area contributed by atoms with Crippen molar-refractivity contribution in [2.45, 2.75) is 39.5 Å². The Morgan fingerprint density at radius 3 is 2.11 bits per heavy atom. The molecule has 0 spiro atoms. The lowest BCUT2D eigenvalue weighted by atomic mass is 9.58. The molecule has 3 heterocycles. The van der Waals surface area contributed by atoms with Gasteiger partial charge in [-0.1, -0.05) is 70.2 Å². The van der Waals surface area contributed by atoms with E-state index in [1.165, 1.54) is 22.3 Å². The normalized spacial score (nSPS) is 14.1. The zero-order chi connectivity index (χ0) is 30.4. The fourth-order valence-electron chi connectivity index (χ4n) is 6.58. The summed E-state index contributed by atoms with van der Waals surface area (Å²) in [5.41, 5.74) is 8.61. The second-order valence-electron chi connectivity index (χ2n) is 12.3. The van der Waals surface area contributed by atoms with Gasteiger partial charge in [-0.25, -0.2) is 4.98 Å². The average Bonchev–Trinajstić information content (AvgIpc) is 3.73. The number of ether oxygens (including phenoxy) is 1. The SMILES string of the molecule is CC(C)c1cccc(C(C)C)c1B1N(C)c2ccc(Oc3cccc(N4C=CN(c5ccccc5)C4)c3)cc2-c2nccn21. The molecule has 0 atom stereocenters. The number of benzene rings is 4. The Bertz CT molecular complexity index is 1800. The summed E-state index contributed by atoms with van der Waals surface area (Å²) in [7, 11) is 2.19. The minimum atomic E-state index is 0.0171. The van der Waals surface area contributed by atoms with E-state index in [-0.39, 0.29) is 6.98 Å². The number of hydrogen-bond acceptors (Lipinski definition) is 5. The molecule has 1 aromatic heterocycles. The molecule has 0 saturated carbocycles. The smallest absolute Gasteiger partial charge is 0.417 e. The maximum atomic E-state index is 6.48. The van der Waals surface area contributed by atoms with Crippen LogP contribution in [-0.2, 0) is 0 Å². The first-order chi connectivity index (χ1) is 21.4. The lowest BCUT2D eigenvalue weighted by Gasteiger charge is -2.37. The Hall–Kier alpha value is -4.91. The van der Waals surface area contributed by atoms with Gasteiger partial charge in [-0.3, -0.25) is 0 Å². The van der Waals surface area contributed by atoms with E-state index in [1.54, 1.807) is 0 Å². The van der Waals surface area contributed by atoms with Crippen LogP contribution in [0.25, 0.3) is 11.4 Å². The molecule has 0 saturated heterocycles. The van der Waals surface area contributed by atoms with Crippen LogP contribution in [0.5, 0.6) is 11.5 Å². The Balaban J connectivity index is 1.18. The summed E-state index contributed by atoms with van der Waals surface area (Å²) in [5, 5.41) is 0. The minimum absolute atomic E-state index is 0.0171. The molecule has 0 bridgehead atoms. The van der Waals surface area contributed by atoms with Gasteiger partial charge >= 0.3 is 6.98 Å². The van der Waals surface area contributed by atoms with E-state index in [4.69, 9.17) is 9.72 Å². The molecule has 4 aromatic carbocycles. The van der Waals surface area contributed by atoms with Gasteiger partial charge in [0.15, 0.2) is 0 Å². The number of imidazole rings is 1. The van der Waals surface area contributed by atoms with Gasteiger partial charge in [0.1, 0.15) is 17.3 Å². The van der Waals surface area contributed by atoms with Crippen molar-refractivity contribution in [3.63, 3.8) is 0 Å². The molecular formula is C37H38BN5O. The molecule has 0 amide bonds. The van der Waals surface area contributed by atoms with Gasteiger partial charge in [-0.05, 0) is 77.9 Å². The van der Waals surface area contributed by atoms with Gasteiger partial charge < -0.3 is 23.8 Å². The van der Waals surface area contributed by atoms with Crippen molar-refractivity contribution in [3.05, 3.63) is 127 Å². The van der Waals surface area contributed by atoms with Gasteiger partial charge in [0, 0.05) is 53.5 Å². The molecule has 0 fully saturated rings. The largest absolute Gasteiger partial charge is 0.457 e. The highest BCUT2D eigenvalue weighted by molar-refractivity contribution is 6.77. The summed E-state index contributed by atoms with van der Waals surface area (Å²) >= 11 is 0. The molecule has 7 rings (SSSR count). The van der Waals surface area contributed by atoms with Crippen LogP contribution < -0.4 is 24.8 Å². The van der Waals surface area contributed by atoms with Crippen LogP contribution in [0.1, 0.15) is 50.7 Å². The summed E-state index contributed by atoms with van der Waals surface area (Å²) in [6.07, 6.45) is 8.25.